The zero-order valence-electron chi connectivity index (χ0n) is 16.0. The van der Waals surface area contributed by atoms with Gasteiger partial charge in [0.1, 0.15) is 17.4 Å². The minimum atomic E-state index is -0.905. The van der Waals surface area contributed by atoms with E-state index in [9.17, 15) is 14.7 Å². The summed E-state index contributed by atoms with van der Waals surface area (Å²) >= 11 is 12.7. The van der Waals surface area contributed by atoms with Crippen LogP contribution < -0.4 is 0 Å². The summed E-state index contributed by atoms with van der Waals surface area (Å²) in [5.74, 6) is 0.134. The Morgan fingerprint density at radius 1 is 1.10 bits per heavy atom. The molecule has 1 aromatic heterocycles. The predicted octanol–water partition coefficient (Wildman–Crippen LogP) is 5.36. The Hall–Kier alpha value is -2.25. The van der Waals surface area contributed by atoms with Crippen LogP contribution in [0.4, 0.5) is 4.79 Å². The molecule has 1 aromatic carbocycles. The fraction of sp³-hybridized carbons (Fsp3) is 0.476. The van der Waals surface area contributed by atoms with E-state index in [-0.39, 0.29) is 29.7 Å². The lowest BCUT2D eigenvalue weighted by atomic mass is 9.99. The Balaban J connectivity index is 1.44. The third kappa shape index (κ3) is 3.34. The van der Waals surface area contributed by atoms with E-state index in [4.69, 9.17) is 32.5 Å². The highest BCUT2D eigenvalue weighted by atomic mass is 35.5. The van der Waals surface area contributed by atoms with Crippen molar-refractivity contribution in [1.82, 2.24) is 10.1 Å². The average molecular weight is 451 g/mol. The first-order valence-corrected chi connectivity index (χ1v) is 10.9. The van der Waals surface area contributed by atoms with E-state index in [1.807, 2.05) is 0 Å². The van der Waals surface area contributed by atoms with Crippen molar-refractivity contribution < 1.29 is 24.0 Å². The third-order valence-corrected chi connectivity index (χ3v) is 6.88. The van der Waals surface area contributed by atoms with Gasteiger partial charge in [0.05, 0.1) is 10.0 Å². The van der Waals surface area contributed by atoms with Crippen LogP contribution in [0.2, 0.25) is 10.0 Å². The SMILES string of the molecule is O=C(OC1C[C@H]2CC[C@@H](C1)N2C(=O)O)c1c(-c2c(Cl)cccc2Cl)noc1C1CC1. The lowest BCUT2D eigenvalue weighted by Gasteiger charge is -2.36. The van der Waals surface area contributed by atoms with Gasteiger partial charge >= 0.3 is 12.1 Å². The minimum Gasteiger partial charge on any atom is -0.465 e. The number of fused-ring (bicyclic) bond motifs is 2. The van der Waals surface area contributed by atoms with Crippen molar-refractivity contribution in [3.8, 4) is 11.3 Å². The van der Waals surface area contributed by atoms with Crippen LogP contribution in [0.25, 0.3) is 11.3 Å². The third-order valence-electron chi connectivity index (χ3n) is 6.25. The Labute approximate surface area is 182 Å². The van der Waals surface area contributed by atoms with Gasteiger partial charge < -0.3 is 19.3 Å². The van der Waals surface area contributed by atoms with Crippen molar-refractivity contribution in [3.63, 3.8) is 0 Å². The van der Waals surface area contributed by atoms with Gasteiger partial charge in [-0.1, -0.05) is 34.4 Å². The number of piperidine rings is 1. The Morgan fingerprint density at radius 2 is 1.73 bits per heavy atom. The molecular weight excluding hydrogens is 431 g/mol. The maximum absolute atomic E-state index is 13.3. The molecule has 5 rings (SSSR count). The van der Waals surface area contributed by atoms with Crippen LogP contribution in [0.1, 0.15) is 60.6 Å². The highest BCUT2D eigenvalue weighted by Crippen LogP contribution is 2.46. The summed E-state index contributed by atoms with van der Waals surface area (Å²) in [6, 6.07) is 4.87. The molecule has 2 bridgehead atoms. The maximum Gasteiger partial charge on any atom is 0.407 e. The molecule has 3 aliphatic rings. The van der Waals surface area contributed by atoms with Crippen LogP contribution in [0.3, 0.4) is 0 Å². The highest BCUT2D eigenvalue weighted by molar-refractivity contribution is 6.39. The molecule has 1 aliphatic carbocycles. The number of rotatable bonds is 4. The topological polar surface area (TPSA) is 92.9 Å². The van der Waals surface area contributed by atoms with Gasteiger partial charge in [-0.25, -0.2) is 9.59 Å². The summed E-state index contributed by atoms with van der Waals surface area (Å²) < 4.78 is 11.4. The zero-order valence-corrected chi connectivity index (χ0v) is 17.5. The summed E-state index contributed by atoms with van der Waals surface area (Å²) in [6.07, 6.45) is 3.19. The molecule has 3 atom stereocenters. The molecule has 1 amide bonds. The van der Waals surface area contributed by atoms with E-state index in [0.29, 0.717) is 39.9 Å². The molecule has 1 N–H and O–H groups in total. The standard InChI is InChI=1S/C21H20Cl2N2O5/c22-14-2-1-3-15(23)16(14)18-17(19(30-24-18)10-4-5-10)20(26)29-13-8-11-6-7-12(9-13)25(11)21(27)28/h1-3,10-13H,4-9H2,(H,27,28)/t11-,12+,13?. The van der Waals surface area contributed by atoms with E-state index in [2.05, 4.69) is 5.16 Å². The fourth-order valence-electron chi connectivity index (χ4n) is 4.76. The van der Waals surface area contributed by atoms with E-state index in [1.54, 1.807) is 18.2 Å². The van der Waals surface area contributed by atoms with Crippen LogP contribution in [0, 0.1) is 0 Å². The number of hydrogen-bond acceptors (Lipinski definition) is 5. The Bertz CT molecular complexity index is 985. The zero-order chi connectivity index (χ0) is 21.0. The van der Waals surface area contributed by atoms with Crippen molar-refractivity contribution in [2.45, 2.75) is 62.6 Å². The summed E-state index contributed by atoms with van der Waals surface area (Å²) in [5, 5.41) is 14.3. The monoisotopic (exact) mass is 450 g/mol. The summed E-state index contributed by atoms with van der Waals surface area (Å²) in [5.41, 5.74) is 1.02. The van der Waals surface area contributed by atoms with Gasteiger partial charge in [0.15, 0.2) is 5.76 Å². The van der Waals surface area contributed by atoms with Crippen LogP contribution in [0.15, 0.2) is 22.7 Å². The molecule has 0 spiro atoms. The fourth-order valence-corrected chi connectivity index (χ4v) is 5.34. The van der Waals surface area contributed by atoms with Crippen molar-refractivity contribution in [3.05, 3.63) is 39.6 Å². The van der Waals surface area contributed by atoms with E-state index >= 15 is 0 Å². The largest absolute Gasteiger partial charge is 0.465 e. The van der Waals surface area contributed by atoms with Gasteiger partial charge in [0.2, 0.25) is 0 Å². The van der Waals surface area contributed by atoms with E-state index in [0.717, 1.165) is 25.7 Å². The predicted molar refractivity (Wildman–Crippen MR) is 109 cm³/mol. The number of hydrogen-bond donors (Lipinski definition) is 1. The van der Waals surface area contributed by atoms with Crippen LogP contribution in [-0.2, 0) is 4.74 Å². The van der Waals surface area contributed by atoms with Gasteiger partial charge in [-0.2, -0.15) is 0 Å². The molecule has 2 aromatic rings. The lowest BCUT2D eigenvalue weighted by molar-refractivity contribution is -0.00218. The number of nitrogens with zero attached hydrogens (tertiary/aromatic N) is 2. The highest BCUT2D eigenvalue weighted by Gasteiger charge is 2.45. The molecular formula is C21H20Cl2N2O5. The molecule has 7 nitrogen and oxygen atoms in total. The lowest BCUT2D eigenvalue weighted by Crippen LogP contribution is -2.48. The number of ether oxygens (including phenoxy) is 1. The smallest absolute Gasteiger partial charge is 0.407 e. The molecule has 1 unspecified atom stereocenters. The quantitative estimate of drug-likeness (QED) is 0.630. The second-order valence-electron chi connectivity index (χ2n) is 8.21. The normalized spacial score (nSPS) is 25.4. The number of carbonyl (C=O) groups excluding carboxylic acids is 1. The number of amides is 1. The molecule has 3 fully saturated rings. The van der Waals surface area contributed by atoms with Gasteiger partial charge in [0, 0.05) is 36.4 Å². The second-order valence-corrected chi connectivity index (χ2v) is 9.03. The van der Waals surface area contributed by atoms with Crippen molar-refractivity contribution in [1.29, 1.82) is 0 Å². The first kappa shape index (κ1) is 19.7. The number of aromatic nitrogens is 1. The molecule has 2 saturated heterocycles. The summed E-state index contributed by atoms with van der Waals surface area (Å²) in [4.78, 5) is 26.3. The molecule has 158 valence electrons. The summed E-state index contributed by atoms with van der Waals surface area (Å²) in [7, 11) is 0. The molecule has 9 heteroatoms. The Kier molecular flexibility index (Phi) is 4.90. The molecule has 2 aliphatic heterocycles. The number of esters is 1. The average Bonchev–Trinajstić information content (AvgIpc) is 3.38. The van der Waals surface area contributed by atoms with E-state index < -0.39 is 12.1 Å². The molecule has 1 saturated carbocycles. The Morgan fingerprint density at radius 3 is 2.30 bits per heavy atom. The first-order chi connectivity index (χ1) is 14.4. The van der Waals surface area contributed by atoms with E-state index in [1.165, 1.54) is 4.90 Å². The maximum atomic E-state index is 13.3. The minimum absolute atomic E-state index is 0.109. The van der Waals surface area contributed by atoms with Crippen molar-refractivity contribution >= 4 is 35.3 Å². The van der Waals surface area contributed by atoms with Crippen molar-refractivity contribution in [2.75, 3.05) is 0 Å². The second kappa shape index (κ2) is 7.46. The first-order valence-electron chi connectivity index (χ1n) is 10.1. The number of benzene rings is 1. The number of carbonyl (C=O) groups is 2. The molecule has 3 heterocycles. The number of carboxylic acid groups (broad SMARTS) is 1. The van der Waals surface area contributed by atoms with Crippen LogP contribution in [-0.4, -0.2) is 45.4 Å². The van der Waals surface area contributed by atoms with Gasteiger partial charge in [-0.15, -0.1) is 0 Å². The molecule has 30 heavy (non-hydrogen) atoms. The van der Waals surface area contributed by atoms with Gasteiger partial charge in [0.25, 0.3) is 0 Å². The van der Waals surface area contributed by atoms with Crippen molar-refractivity contribution in [2.24, 2.45) is 0 Å². The van der Waals surface area contributed by atoms with Gasteiger partial charge in [-0.05, 0) is 37.8 Å². The summed E-state index contributed by atoms with van der Waals surface area (Å²) in [6.45, 7) is 0. The van der Waals surface area contributed by atoms with Gasteiger partial charge in [-0.3, -0.25) is 0 Å². The van der Waals surface area contributed by atoms with Crippen LogP contribution >= 0.6 is 23.2 Å². The molecule has 0 radical (unpaired) electrons. The number of halogens is 2. The van der Waals surface area contributed by atoms with Crippen LogP contribution in [0.5, 0.6) is 0 Å².